The van der Waals surface area contributed by atoms with Gasteiger partial charge in [-0.2, -0.15) is 11.8 Å². The van der Waals surface area contributed by atoms with Gasteiger partial charge < -0.3 is 14.8 Å². The second-order valence-electron chi connectivity index (χ2n) is 3.67. The van der Waals surface area contributed by atoms with Crippen LogP contribution in [0.5, 0.6) is 0 Å². The highest BCUT2D eigenvalue weighted by Gasteiger charge is 2.03. The molecule has 1 N–H and O–H groups in total. The molecule has 0 unspecified atom stereocenters. The average molecular weight is 277 g/mol. The molecule has 0 radical (unpaired) electrons. The Kier molecular flexibility index (Phi) is 12.4. The zero-order chi connectivity index (χ0) is 13.6. The SMILES string of the molecule is CCOCCOCC(=O)NCCCC(=O)CSC. The van der Waals surface area contributed by atoms with Crippen LogP contribution in [0, 0.1) is 0 Å². The van der Waals surface area contributed by atoms with E-state index in [1.54, 1.807) is 0 Å². The van der Waals surface area contributed by atoms with Gasteiger partial charge in [0.05, 0.1) is 19.0 Å². The van der Waals surface area contributed by atoms with Gasteiger partial charge in [-0.1, -0.05) is 0 Å². The lowest BCUT2D eigenvalue weighted by atomic mass is 10.2. The van der Waals surface area contributed by atoms with Gasteiger partial charge in [-0.3, -0.25) is 9.59 Å². The summed E-state index contributed by atoms with van der Waals surface area (Å²) in [6, 6.07) is 0. The van der Waals surface area contributed by atoms with Gasteiger partial charge in [0, 0.05) is 19.6 Å². The van der Waals surface area contributed by atoms with E-state index in [0.717, 1.165) is 0 Å². The maximum atomic E-state index is 11.3. The molecule has 0 rings (SSSR count). The third-order valence-corrected chi connectivity index (χ3v) is 2.68. The molecule has 0 saturated heterocycles. The summed E-state index contributed by atoms with van der Waals surface area (Å²) in [6.07, 6.45) is 3.11. The van der Waals surface area contributed by atoms with Gasteiger partial charge in [0.1, 0.15) is 12.4 Å². The topological polar surface area (TPSA) is 64.6 Å². The largest absolute Gasteiger partial charge is 0.379 e. The lowest BCUT2D eigenvalue weighted by molar-refractivity contribution is -0.126. The van der Waals surface area contributed by atoms with Crippen molar-refractivity contribution in [2.45, 2.75) is 19.8 Å². The Hall–Kier alpha value is -0.590. The molecule has 0 spiro atoms. The first-order valence-electron chi connectivity index (χ1n) is 6.13. The molecule has 0 bridgehead atoms. The number of thioether (sulfide) groups is 1. The molecule has 0 saturated carbocycles. The van der Waals surface area contributed by atoms with Crippen molar-refractivity contribution in [1.82, 2.24) is 5.32 Å². The summed E-state index contributed by atoms with van der Waals surface area (Å²) in [5.74, 6) is 0.627. The monoisotopic (exact) mass is 277 g/mol. The standard InChI is InChI=1S/C12H23NO4S/c1-3-16-7-8-17-9-12(15)13-6-4-5-11(14)10-18-2/h3-10H2,1-2H3,(H,13,15). The molecule has 0 fully saturated rings. The number of Topliss-reactive ketones (excluding diaryl/α,β-unsaturated/α-hetero) is 1. The minimum absolute atomic E-state index is 0.0475. The number of nitrogens with one attached hydrogen (secondary N) is 1. The normalized spacial score (nSPS) is 10.3. The number of ether oxygens (including phenoxy) is 2. The van der Waals surface area contributed by atoms with Crippen LogP contribution in [0.25, 0.3) is 0 Å². The van der Waals surface area contributed by atoms with Gasteiger partial charge in [0.25, 0.3) is 0 Å². The summed E-state index contributed by atoms with van der Waals surface area (Å²) in [7, 11) is 0. The molecule has 0 aliphatic carbocycles. The van der Waals surface area contributed by atoms with Crippen LogP contribution in [-0.4, -0.2) is 56.7 Å². The van der Waals surface area contributed by atoms with Crippen LogP contribution in [0.3, 0.4) is 0 Å². The highest BCUT2D eigenvalue weighted by molar-refractivity contribution is 7.99. The number of amides is 1. The molecule has 1 amide bonds. The van der Waals surface area contributed by atoms with E-state index < -0.39 is 0 Å². The summed E-state index contributed by atoms with van der Waals surface area (Å²) < 4.78 is 10.2. The summed E-state index contributed by atoms with van der Waals surface area (Å²) in [6.45, 7) is 4.06. The average Bonchev–Trinajstić information content (AvgIpc) is 2.35. The smallest absolute Gasteiger partial charge is 0.245 e. The molecule has 0 aromatic heterocycles. The number of ketones is 1. The van der Waals surface area contributed by atoms with Crippen molar-refractivity contribution < 1.29 is 19.1 Å². The van der Waals surface area contributed by atoms with Gasteiger partial charge in [-0.05, 0) is 19.6 Å². The Labute approximate surface area is 113 Å². The first kappa shape index (κ1) is 17.4. The van der Waals surface area contributed by atoms with Crippen LogP contribution < -0.4 is 5.32 Å². The van der Waals surface area contributed by atoms with Crippen LogP contribution in [-0.2, 0) is 19.1 Å². The van der Waals surface area contributed by atoms with E-state index >= 15 is 0 Å². The Balaban J connectivity index is 3.29. The fraction of sp³-hybridized carbons (Fsp3) is 0.833. The summed E-state index contributed by atoms with van der Waals surface area (Å²) >= 11 is 1.52. The van der Waals surface area contributed by atoms with Gasteiger partial charge in [0.2, 0.25) is 5.91 Å². The Morgan fingerprint density at radius 3 is 2.61 bits per heavy atom. The van der Waals surface area contributed by atoms with Crippen molar-refractivity contribution in [2.24, 2.45) is 0 Å². The number of rotatable bonds is 12. The number of hydrogen-bond donors (Lipinski definition) is 1. The van der Waals surface area contributed by atoms with Crippen LogP contribution >= 0.6 is 11.8 Å². The van der Waals surface area contributed by atoms with Crippen molar-refractivity contribution in [2.75, 3.05) is 45.0 Å². The van der Waals surface area contributed by atoms with Gasteiger partial charge >= 0.3 is 0 Å². The molecule has 0 aromatic rings. The predicted molar refractivity (Wildman–Crippen MR) is 72.9 cm³/mol. The third-order valence-electron chi connectivity index (χ3n) is 2.07. The van der Waals surface area contributed by atoms with Crippen LogP contribution in [0.1, 0.15) is 19.8 Å². The van der Waals surface area contributed by atoms with Crippen molar-refractivity contribution in [3.63, 3.8) is 0 Å². The summed E-state index contributed by atoms with van der Waals surface area (Å²) in [4.78, 5) is 22.5. The van der Waals surface area contributed by atoms with Crippen molar-refractivity contribution in [3.8, 4) is 0 Å². The maximum absolute atomic E-state index is 11.3. The van der Waals surface area contributed by atoms with Gasteiger partial charge in [-0.15, -0.1) is 0 Å². The molecule has 6 heteroatoms. The zero-order valence-electron chi connectivity index (χ0n) is 11.2. The first-order valence-corrected chi connectivity index (χ1v) is 7.53. The van der Waals surface area contributed by atoms with E-state index in [0.29, 0.717) is 45.0 Å². The maximum Gasteiger partial charge on any atom is 0.245 e. The molecule has 0 aliphatic rings. The second-order valence-corrected chi connectivity index (χ2v) is 4.54. The van der Waals surface area contributed by atoms with Crippen molar-refractivity contribution >= 4 is 23.5 Å². The Morgan fingerprint density at radius 1 is 1.22 bits per heavy atom. The minimum Gasteiger partial charge on any atom is -0.379 e. The van der Waals surface area contributed by atoms with Crippen LogP contribution in [0.15, 0.2) is 0 Å². The van der Waals surface area contributed by atoms with Crippen LogP contribution in [0.4, 0.5) is 0 Å². The molecular formula is C12H23NO4S. The third kappa shape index (κ3) is 11.9. The van der Waals surface area contributed by atoms with Crippen molar-refractivity contribution in [3.05, 3.63) is 0 Å². The number of carbonyl (C=O) groups excluding carboxylic acids is 2. The van der Waals surface area contributed by atoms with E-state index in [9.17, 15) is 9.59 Å². The second kappa shape index (κ2) is 12.9. The minimum atomic E-state index is -0.149. The molecular weight excluding hydrogens is 254 g/mol. The van der Waals surface area contributed by atoms with Crippen LogP contribution in [0.2, 0.25) is 0 Å². The molecule has 5 nitrogen and oxygen atoms in total. The van der Waals surface area contributed by atoms with E-state index in [-0.39, 0.29) is 18.3 Å². The fourth-order valence-electron chi connectivity index (χ4n) is 1.22. The predicted octanol–water partition coefficient (Wildman–Crippen LogP) is 0.868. The zero-order valence-corrected chi connectivity index (χ0v) is 12.0. The molecule has 106 valence electrons. The van der Waals surface area contributed by atoms with E-state index in [1.807, 2.05) is 13.2 Å². The molecule has 0 aliphatic heterocycles. The Morgan fingerprint density at radius 2 is 1.94 bits per heavy atom. The lowest BCUT2D eigenvalue weighted by Crippen LogP contribution is -2.29. The van der Waals surface area contributed by atoms with Gasteiger partial charge in [-0.25, -0.2) is 0 Å². The molecule has 0 atom stereocenters. The van der Waals surface area contributed by atoms with Gasteiger partial charge in [0.15, 0.2) is 0 Å². The highest BCUT2D eigenvalue weighted by Crippen LogP contribution is 1.97. The highest BCUT2D eigenvalue weighted by atomic mass is 32.2. The quantitative estimate of drug-likeness (QED) is 0.536. The summed E-state index contributed by atoms with van der Waals surface area (Å²) in [5.41, 5.74) is 0. The lowest BCUT2D eigenvalue weighted by Gasteiger charge is -2.06. The molecule has 18 heavy (non-hydrogen) atoms. The van der Waals surface area contributed by atoms with Crippen molar-refractivity contribution in [1.29, 1.82) is 0 Å². The van der Waals surface area contributed by atoms with E-state index in [2.05, 4.69) is 5.32 Å². The summed E-state index contributed by atoms with van der Waals surface area (Å²) in [5, 5.41) is 2.71. The fourth-order valence-corrected chi connectivity index (χ4v) is 1.69. The first-order chi connectivity index (χ1) is 8.70. The number of carbonyl (C=O) groups is 2. The number of hydrogen-bond acceptors (Lipinski definition) is 5. The molecule has 0 aromatic carbocycles. The Bertz CT molecular complexity index is 236. The molecule has 0 heterocycles. The van der Waals surface area contributed by atoms with E-state index in [4.69, 9.17) is 9.47 Å². The van der Waals surface area contributed by atoms with E-state index in [1.165, 1.54) is 11.8 Å².